The van der Waals surface area contributed by atoms with Crippen LogP contribution in [0.5, 0.6) is 0 Å². The average molecular weight is 363 g/mol. The summed E-state index contributed by atoms with van der Waals surface area (Å²) < 4.78 is 28.1. The van der Waals surface area contributed by atoms with E-state index in [0.29, 0.717) is 6.61 Å². The van der Waals surface area contributed by atoms with Crippen LogP contribution in [0.3, 0.4) is 0 Å². The van der Waals surface area contributed by atoms with E-state index in [1.807, 2.05) is 0 Å². The topological polar surface area (TPSA) is 43.4 Å². The summed E-state index contributed by atoms with van der Waals surface area (Å²) in [5.41, 5.74) is 0. The molecule has 0 aromatic heterocycles. The van der Waals surface area contributed by atoms with E-state index in [0.717, 1.165) is 32.1 Å². The Morgan fingerprint density at radius 3 is 1.59 bits per heavy atom. The Morgan fingerprint density at radius 1 is 0.682 bits per heavy atom. The van der Waals surface area contributed by atoms with Crippen LogP contribution in [0.2, 0.25) is 0 Å². The molecule has 0 bridgehead atoms. The molecule has 0 fully saturated rings. The fourth-order valence-corrected chi connectivity index (χ4v) is 3.41. The molecule has 0 radical (unpaired) electrons. The van der Waals surface area contributed by atoms with Crippen molar-refractivity contribution in [3.63, 3.8) is 0 Å². The fraction of sp³-hybridized carbons (Fsp3) is 1.00. The summed E-state index contributed by atoms with van der Waals surface area (Å²) in [5.74, 6) is 0.179. The quantitative estimate of drug-likeness (QED) is 0.213. The first-order valence-corrected chi connectivity index (χ1v) is 10.6. The SMILES string of the molecule is CCCCCCCCCCCCOS(=O)(=O)CCCCC.[Ca+2].[H-].[H-]. The summed E-state index contributed by atoms with van der Waals surface area (Å²) in [7, 11) is -3.26. The van der Waals surface area contributed by atoms with Gasteiger partial charge in [0.25, 0.3) is 10.1 Å². The zero-order valence-electron chi connectivity index (χ0n) is 16.9. The van der Waals surface area contributed by atoms with E-state index in [4.69, 9.17) is 4.18 Å². The van der Waals surface area contributed by atoms with Crippen molar-refractivity contribution in [2.75, 3.05) is 12.4 Å². The van der Waals surface area contributed by atoms with Crippen molar-refractivity contribution < 1.29 is 15.5 Å². The average Bonchev–Trinajstić information content (AvgIpc) is 2.45. The summed E-state index contributed by atoms with van der Waals surface area (Å²) in [6.45, 7) is 4.67. The minimum atomic E-state index is -3.26. The third-order valence-electron chi connectivity index (χ3n) is 3.76. The Labute approximate surface area is 172 Å². The second-order valence-corrected chi connectivity index (χ2v) is 7.73. The molecule has 0 amide bonds. The first-order chi connectivity index (χ1) is 10.1. The number of rotatable bonds is 16. The van der Waals surface area contributed by atoms with E-state index in [1.165, 1.54) is 51.4 Å². The molecule has 0 aromatic rings. The largest absolute Gasteiger partial charge is 2.00 e. The van der Waals surface area contributed by atoms with Crippen LogP contribution in [-0.2, 0) is 14.3 Å². The zero-order chi connectivity index (χ0) is 15.8. The smallest absolute Gasteiger partial charge is 1.00 e. The second-order valence-electron chi connectivity index (χ2n) is 5.97. The van der Waals surface area contributed by atoms with Crippen molar-refractivity contribution in [2.45, 2.75) is 97.3 Å². The molecule has 0 rings (SSSR count). The standard InChI is InChI=1S/C17H36O3S.Ca.2H/c1-3-5-7-8-9-10-11-12-13-14-16-20-21(18,19)17-15-6-4-2;;;/h3-17H2,1-2H3;;;/q;+2;2*-1. The number of hydrogen-bond acceptors (Lipinski definition) is 3. The zero-order valence-corrected chi connectivity index (χ0v) is 18.0. The Bertz CT molecular complexity index is 315. The molecule has 0 heterocycles. The van der Waals surface area contributed by atoms with E-state index in [2.05, 4.69) is 13.8 Å². The van der Waals surface area contributed by atoms with Crippen LogP contribution in [0.15, 0.2) is 0 Å². The first-order valence-electron chi connectivity index (χ1n) is 8.99. The van der Waals surface area contributed by atoms with Crippen LogP contribution < -0.4 is 0 Å². The molecule has 0 saturated carbocycles. The van der Waals surface area contributed by atoms with E-state index < -0.39 is 10.1 Å². The summed E-state index contributed by atoms with van der Waals surface area (Å²) in [6.07, 6.45) is 15.2. The minimum absolute atomic E-state index is 0. The van der Waals surface area contributed by atoms with Gasteiger partial charge >= 0.3 is 37.7 Å². The molecule has 132 valence electrons. The summed E-state index contributed by atoms with van der Waals surface area (Å²) >= 11 is 0. The summed E-state index contributed by atoms with van der Waals surface area (Å²) in [6, 6.07) is 0. The van der Waals surface area contributed by atoms with Crippen molar-refractivity contribution in [3.05, 3.63) is 0 Å². The Kier molecular flexibility index (Phi) is 21.4. The molecule has 0 atom stereocenters. The number of hydrogen-bond donors (Lipinski definition) is 0. The van der Waals surface area contributed by atoms with Crippen LogP contribution >= 0.6 is 0 Å². The van der Waals surface area contributed by atoms with Gasteiger partial charge in [0, 0.05) is 0 Å². The fourth-order valence-electron chi connectivity index (χ4n) is 2.36. The summed E-state index contributed by atoms with van der Waals surface area (Å²) in [4.78, 5) is 0. The van der Waals surface area contributed by atoms with E-state index in [9.17, 15) is 8.42 Å². The van der Waals surface area contributed by atoms with E-state index >= 15 is 0 Å². The van der Waals surface area contributed by atoms with Gasteiger partial charge in [0.1, 0.15) is 0 Å². The van der Waals surface area contributed by atoms with Gasteiger partial charge in [-0.05, 0) is 12.8 Å². The molecule has 0 aliphatic rings. The van der Waals surface area contributed by atoms with Crippen molar-refractivity contribution in [1.29, 1.82) is 0 Å². The Hall–Kier alpha value is 1.17. The van der Waals surface area contributed by atoms with Gasteiger partial charge in [0.2, 0.25) is 0 Å². The van der Waals surface area contributed by atoms with E-state index in [-0.39, 0.29) is 46.3 Å². The molecular weight excluding hydrogens is 324 g/mol. The minimum Gasteiger partial charge on any atom is -1.00 e. The first kappa shape index (κ1) is 25.4. The third kappa shape index (κ3) is 19.2. The van der Waals surface area contributed by atoms with Crippen molar-refractivity contribution in [1.82, 2.24) is 0 Å². The van der Waals surface area contributed by atoms with Gasteiger partial charge in [-0.3, -0.25) is 4.18 Å². The maximum Gasteiger partial charge on any atom is 2.00 e. The predicted molar refractivity (Wildman–Crippen MR) is 99.1 cm³/mol. The van der Waals surface area contributed by atoms with Crippen molar-refractivity contribution >= 4 is 47.9 Å². The Balaban J connectivity index is -0.000000667. The van der Waals surface area contributed by atoms with Gasteiger partial charge in [-0.15, -0.1) is 0 Å². The van der Waals surface area contributed by atoms with Crippen LogP contribution in [0.4, 0.5) is 0 Å². The molecule has 0 saturated heterocycles. The molecule has 0 spiro atoms. The van der Waals surface area contributed by atoms with Crippen molar-refractivity contribution in [2.24, 2.45) is 0 Å². The number of unbranched alkanes of at least 4 members (excludes halogenated alkanes) is 11. The molecule has 3 nitrogen and oxygen atoms in total. The molecule has 22 heavy (non-hydrogen) atoms. The molecule has 0 aromatic carbocycles. The molecule has 0 N–H and O–H groups in total. The van der Waals surface area contributed by atoms with Crippen LogP contribution in [-0.4, -0.2) is 58.5 Å². The van der Waals surface area contributed by atoms with Gasteiger partial charge in [0.15, 0.2) is 0 Å². The second kappa shape index (κ2) is 18.5. The van der Waals surface area contributed by atoms with Crippen molar-refractivity contribution in [3.8, 4) is 0 Å². The van der Waals surface area contributed by atoms with Gasteiger partial charge in [0.05, 0.1) is 12.4 Å². The maximum atomic E-state index is 11.5. The normalized spacial score (nSPS) is 11.4. The van der Waals surface area contributed by atoms with Crippen LogP contribution in [0.1, 0.15) is 100 Å². The van der Waals surface area contributed by atoms with E-state index in [1.54, 1.807) is 0 Å². The van der Waals surface area contributed by atoms with Gasteiger partial charge < -0.3 is 2.85 Å². The predicted octanol–water partition coefficient (Wildman–Crippen LogP) is 5.29. The Morgan fingerprint density at radius 2 is 1.09 bits per heavy atom. The van der Waals surface area contributed by atoms with Gasteiger partial charge in [-0.1, -0.05) is 84.5 Å². The van der Waals surface area contributed by atoms with Crippen LogP contribution in [0.25, 0.3) is 0 Å². The molecule has 0 aliphatic carbocycles. The van der Waals surface area contributed by atoms with Gasteiger partial charge in [-0.25, -0.2) is 0 Å². The van der Waals surface area contributed by atoms with Gasteiger partial charge in [-0.2, -0.15) is 8.42 Å². The molecule has 5 heteroatoms. The maximum absolute atomic E-state index is 11.5. The molecule has 0 aliphatic heterocycles. The van der Waals surface area contributed by atoms with Crippen LogP contribution in [0, 0.1) is 0 Å². The molecule has 0 unspecified atom stereocenters. The molecular formula is C17H38CaO3S. The third-order valence-corrected chi connectivity index (χ3v) is 5.07. The summed E-state index contributed by atoms with van der Waals surface area (Å²) in [5, 5.41) is 0. The monoisotopic (exact) mass is 362 g/mol.